The van der Waals surface area contributed by atoms with Gasteiger partial charge in [0, 0.05) is 28.0 Å². The van der Waals surface area contributed by atoms with Crippen LogP contribution >= 0.6 is 15.9 Å². The molecule has 1 fully saturated rings. The Morgan fingerprint density at radius 2 is 2.13 bits per heavy atom. The number of aromatic nitrogens is 1. The molecule has 0 aliphatic heterocycles. The van der Waals surface area contributed by atoms with Crippen molar-refractivity contribution in [3.63, 3.8) is 0 Å². The first kappa shape index (κ1) is 15.9. The molecule has 23 heavy (non-hydrogen) atoms. The van der Waals surface area contributed by atoms with Crippen molar-refractivity contribution in [3.8, 4) is 0 Å². The summed E-state index contributed by atoms with van der Waals surface area (Å²) in [5.41, 5.74) is 3.28. The van der Waals surface area contributed by atoms with Gasteiger partial charge in [-0.25, -0.2) is 0 Å². The van der Waals surface area contributed by atoms with Crippen LogP contribution in [0, 0.1) is 6.92 Å². The minimum absolute atomic E-state index is 0.0903. The number of hydrogen-bond acceptors (Lipinski definition) is 3. The Labute approximate surface area is 142 Å². The molecule has 0 radical (unpaired) electrons. The highest BCUT2D eigenvalue weighted by molar-refractivity contribution is 9.10. The number of carboxylic acids is 1. The molecule has 1 aliphatic rings. The van der Waals surface area contributed by atoms with Crippen LogP contribution in [-0.4, -0.2) is 28.5 Å². The third kappa shape index (κ3) is 3.37. The summed E-state index contributed by atoms with van der Waals surface area (Å²) in [5, 5.41) is 12.2. The molecule has 0 atom stereocenters. The zero-order valence-corrected chi connectivity index (χ0v) is 14.3. The van der Waals surface area contributed by atoms with Crippen molar-refractivity contribution in [1.82, 2.24) is 10.3 Å². The van der Waals surface area contributed by atoms with Crippen molar-refractivity contribution in [2.45, 2.75) is 32.1 Å². The summed E-state index contributed by atoms with van der Waals surface area (Å²) in [6.07, 6.45) is 2.12. The van der Waals surface area contributed by atoms with E-state index < -0.39 is 5.97 Å². The number of halogens is 1. The monoisotopic (exact) mass is 376 g/mol. The van der Waals surface area contributed by atoms with Crippen LogP contribution in [0.25, 0.3) is 10.9 Å². The Bertz CT molecular complexity index is 800. The molecule has 0 bridgehead atoms. The lowest BCUT2D eigenvalue weighted by atomic mass is 9.98. The number of aliphatic carboxylic acids is 1. The van der Waals surface area contributed by atoms with Crippen molar-refractivity contribution >= 4 is 38.7 Å². The largest absolute Gasteiger partial charge is 0.481 e. The van der Waals surface area contributed by atoms with Crippen LogP contribution in [0.5, 0.6) is 0 Å². The van der Waals surface area contributed by atoms with Crippen molar-refractivity contribution in [2.75, 3.05) is 6.54 Å². The maximum atomic E-state index is 12.6. The fourth-order valence-electron chi connectivity index (χ4n) is 2.77. The first-order chi connectivity index (χ1) is 11.0. The van der Waals surface area contributed by atoms with Crippen LogP contribution in [0.4, 0.5) is 0 Å². The van der Waals surface area contributed by atoms with E-state index in [4.69, 9.17) is 10.1 Å². The first-order valence-electron chi connectivity index (χ1n) is 7.57. The number of fused-ring (bicyclic) bond motifs is 1. The van der Waals surface area contributed by atoms with Gasteiger partial charge in [0.1, 0.15) is 0 Å². The quantitative estimate of drug-likeness (QED) is 0.837. The fourth-order valence-corrected chi connectivity index (χ4v) is 3.13. The lowest BCUT2D eigenvalue weighted by Crippen LogP contribution is -2.27. The van der Waals surface area contributed by atoms with Gasteiger partial charge in [0.2, 0.25) is 0 Å². The van der Waals surface area contributed by atoms with E-state index in [9.17, 15) is 9.59 Å². The van der Waals surface area contributed by atoms with Crippen LogP contribution in [0.15, 0.2) is 22.7 Å². The Kier molecular flexibility index (Phi) is 4.35. The zero-order valence-electron chi connectivity index (χ0n) is 12.7. The van der Waals surface area contributed by atoms with E-state index in [2.05, 4.69) is 21.2 Å². The number of benzene rings is 1. The van der Waals surface area contributed by atoms with Crippen molar-refractivity contribution in [2.24, 2.45) is 0 Å². The molecule has 2 N–H and O–H groups in total. The summed E-state index contributed by atoms with van der Waals surface area (Å²) in [4.78, 5) is 28.0. The molecule has 1 saturated carbocycles. The van der Waals surface area contributed by atoms with Crippen LogP contribution in [-0.2, 0) is 4.79 Å². The number of amides is 1. The van der Waals surface area contributed by atoms with Gasteiger partial charge in [-0.15, -0.1) is 0 Å². The summed E-state index contributed by atoms with van der Waals surface area (Å²) in [5.74, 6) is -0.729. The number of pyridine rings is 1. The second-order valence-corrected chi connectivity index (χ2v) is 6.75. The molecule has 1 amide bonds. The number of nitrogens with one attached hydrogen (secondary N) is 1. The van der Waals surface area contributed by atoms with Gasteiger partial charge in [-0.05, 0) is 43.5 Å². The van der Waals surface area contributed by atoms with Crippen LogP contribution < -0.4 is 5.32 Å². The molecule has 1 aromatic heterocycles. The molecule has 3 rings (SSSR count). The van der Waals surface area contributed by atoms with E-state index in [1.807, 2.05) is 25.1 Å². The molecular formula is C17H17BrN2O3. The van der Waals surface area contributed by atoms with Crippen molar-refractivity contribution in [1.29, 1.82) is 0 Å². The normalized spacial score (nSPS) is 14.0. The molecular weight excluding hydrogens is 360 g/mol. The van der Waals surface area contributed by atoms with Gasteiger partial charge >= 0.3 is 5.97 Å². The van der Waals surface area contributed by atoms with Gasteiger partial charge in [-0.1, -0.05) is 15.9 Å². The number of rotatable bonds is 5. The molecule has 120 valence electrons. The molecule has 5 nitrogen and oxygen atoms in total. The number of nitrogens with zero attached hydrogens (tertiary/aromatic N) is 1. The van der Waals surface area contributed by atoms with E-state index in [1.54, 1.807) is 0 Å². The van der Waals surface area contributed by atoms with E-state index in [0.717, 1.165) is 39.5 Å². The number of carbonyl (C=O) groups is 2. The summed E-state index contributed by atoms with van der Waals surface area (Å²) in [6.45, 7) is 2.04. The smallest absolute Gasteiger partial charge is 0.305 e. The highest BCUT2D eigenvalue weighted by Crippen LogP contribution is 2.42. The van der Waals surface area contributed by atoms with Gasteiger partial charge < -0.3 is 10.4 Å². The maximum Gasteiger partial charge on any atom is 0.305 e. The van der Waals surface area contributed by atoms with Crippen LogP contribution in [0.1, 0.15) is 46.8 Å². The number of hydrogen-bond donors (Lipinski definition) is 2. The minimum atomic E-state index is -0.928. The lowest BCUT2D eigenvalue weighted by Gasteiger charge is -2.14. The van der Waals surface area contributed by atoms with E-state index in [-0.39, 0.29) is 18.9 Å². The van der Waals surface area contributed by atoms with Gasteiger partial charge in [0.15, 0.2) is 0 Å². The van der Waals surface area contributed by atoms with E-state index in [1.165, 1.54) is 0 Å². The minimum Gasteiger partial charge on any atom is -0.481 e. The molecule has 1 aromatic carbocycles. The Morgan fingerprint density at radius 3 is 2.78 bits per heavy atom. The topological polar surface area (TPSA) is 79.3 Å². The SMILES string of the molecule is Cc1c(C2CC2)nc2ccc(Br)cc2c1C(=O)NCCC(=O)O. The highest BCUT2D eigenvalue weighted by Gasteiger charge is 2.29. The van der Waals surface area contributed by atoms with Gasteiger partial charge in [-0.2, -0.15) is 0 Å². The first-order valence-corrected chi connectivity index (χ1v) is 8.36. The predicted octanol–water partition coefficient (Wildman–Crippen LogP) is 3.39. The Hall–Kier alpha value is -1.95. The van der Waals surface area contributed by atoms with Crippen LogP contribution in [0.3, 0.4) is 0 Å². The zero-order chi connectivity index (χ0) is 16.6. The Morgan fingerprint density at radius 1 is 1.39 bits per heavy atom. The standard InChI is InChI=1S/C17H17BrN2O3/c1-9-15(17(23)19-7-6-14(21)22)12-8-11(18)4-5-13(12)20-16(9)10-2-3-10/h4-5,8,10H,2-3,6-7H2,1H3,(H,19,23)(H,21,22). The van der Waals surface area contributed by atoms with Crippen molar-refractivity contribution < 1.29 is 14.7 Å². The third-order valence-corrected chi connectivity index (χ3v) is 4.54. The van der Waals surface area contributed by atoms with E-state index in [0.29, 0.717) is 11.5 Å². The Balaban J connectivity index is 2.04. The molecule has 0 unspecified atom stereocenters. The lowest BCUT2D eigenvalue weighted by molar-refractivity contribution is -0.136. The average Bonchev–Trinajstić information content (AvgIpc) is 3.30. The second-order valence-electron chi connectivity index (χ2n) is 5.83. The predicted molar refractivity (Wildman–Crippen MR) is 90.7 cm³/mol. The molecule has 1 heterocycles. The third-order valence-electron chi connectivity index (χ3n) is 4.04. The van der Waals surface area contributed by atoms with E-state index >= 15 is 0 Å². The number of carbonyl (C=O) groups excluding carboxylic acids is 1. The summed E-state index contributed by atoms with van der Waals surface area (Å²) < 4.78 is 0.880. The average molecular weight is 377 g/mol. The molecule has 0 saturated heterocycles. The summed E-state index contributed by atoms with van der Waals surface area (Å²) in [7, 11) is 0. The summed E-state index contributed by atoms with van der Waals surface area (Å²) >= 11 is 3.43. The fraction of sp³-hybridized carbons (Fsp3) is 0.353. The number of carboxylic acid groups (broad SMARTS) is 1. The van der Waals surface area contributed by atoms with Gasteiger partial charge in [-0.3, -0.25) is 14.6 Å². The molecule has 0 spiro atoms. The van der Waals surface area contributed by atoms with Crippen LogP contribution in [0.2, 0.25) is 0 Å². The van der Waals surface area contributed by atoms with Gasteiger partial charge in [0.05, 0.1) is 17.5 Å². The summed E-state index contributed by atoms with van der Waals surface area (Å²) in [6, 6.07) is 5.70. The highest BCUT2D eigenvalue weighted by atomic mass is 79.9. The second kappa shape index (κ2) is 6.28. The van der Waals surface area contributed by atoms with Gasteiger partial charge in [0.25, 0.3) is 5.91 Å². The van der Waals surface area contributed by atoms with Crippen molar-refractivity contribution in [3.05, 3.63) is 39.5 Å². The maximum absolute atomic E-state index is 12.6. The molecule has 2 aromatic rings. The molecule has 1 aliphatic carbocycles. The molecule has 6 heteroatoms.